The molecule has 0 atom stereocenters. The Morgan fingerprint density at radius 2 is 1.59 bits per heavy atom. The zero-order chi connectivity index (χ0) is 19.4. The molecule has 0 spiro atoms. The van der Waals surface area contributed by atoms with Gasteiger partial charge < -0.3 is 5.32 Å². The molecule has 7 heteroatoms. The lowest BCUT2D eigenvalue weighted by Gasteiger charge is -2.03. The molecule has 0 aliphatic heterocycles. The fraction of sp³-hybridized carbons (Fsp3) is 0.100. The zero-order valence-electron chi connectivity index (χ0n) is 14.8. The lowest BCUT2D eigenvalue weighted by molar-refractivity contribution is -0.114. The van der Waals surface area contributed by atoms with Gasteiger partial charge in [0.15, 0.2) is 5.13 Å². The second kappa shape index (κ2) is 7.92. The Labute approximate surface area is 160 Å². The number of ketones is 1. The van der Waals surface area contributed by atoms with Crippen molar-refractivity contribution in [1.82, 2.24) is 4.98 Å². The number of aromatic nitrogens is 1. The zero-order valence-corrected chi connectivity index (χ0v) is 15.6. The summed E-state index contributed by atoms with van der Waals surface area (Å²) in [6, 6.07) is 14.0. The average Bonchev–Trinajstić information content (AvgIpc) is 3.10. The summed E-state index contributed by atoms with van der Waals surface area (Å²) in [5, 5.41) is 7.38. The van der Waals surface area contributed by atoms with Crippen molar-refractivity contribution in [3.05, 3.63) is 65.0 Å². The van der Waals surface area contributed by atoms with E-state index in [1.165, 1.54) is 18.3 Å². The van der Waals surface area contributed by atoms with Gasteiger partial charge in [-0.05, 0) is 19.1 Å². The van der Waals surface area contributed by atoms with Gasteiger partial charge in [-0.15, -0.1) is 11.3 Å². The fourth-order valence-electron chi connectivity index (χ4n) is 2.38. The van der Waals surface area contributed by atoms with Gasteiger partial charge >= 0.3 is 0 Å². The third kappa shape index (κ3) is 4.65. The molecule has 0 saturated carbocycles. The highest BCUT2D eigenvalue weighted by molar-refractivity contribution is 7.14. The van der Waals surface area contributed by atoms with Crippen LogP contribution in [-0.4, -0.2) is 22.6 Å². The molecule has 3 rings (SSSR count). The van der Waals surface area contributed by atoms with Gasteiger partial charge in [0, 0.05) is 29.1 Å². The number of nitrogens with zero attached hydrogens (tertiary/aromatic N) is 1. The Morgan fingerprint density at radius 3 is 2.22 bits per heavy atom. The van der Waals surface area contributed by atoms with Crippen LogP contribution in [0.2, 0.25) is 0 Å². The molecule has 2 amide bonds. The number of Topliss-reactive ketones (excluding diaryl/α,β-unsaturated/α-hetero) is 1. The number of hydrogen-bond acceptors (Lipinski definition) is 5. The van der Waals surface area contributed by atoms with Crippen LogP contribution in [0.15, 0.2) is 53.9 Å². The second-order valence-electron chi connectivity index (χ2n) is 5.95. The molecule has 136 valence electrons. The molecule has 0 bridgehead atoms. The summed E-state index contributed by atoms with van der Waals surface area (Å²) >= 11 is 1.24. The Balaban J connectivity index is 1.68. The monoisotopic (exact) mass is 379 g/mol. The summed E-state index contributed by atoms with van der Waals surface area (Å²) in [6.07, 6.45) is 0. The molecular weight excluding hydrogens is 362 g/mol. The van der Waals surface area contributed by atoms with Crippen molar-refractivity contribution in [2.75, 3.05) is 10.6 Å². The molecule has 2 aromatic carbocycles. The molecule has 0 fully saturated rings. The largest absolute Gasteiger partial charge is 0.326 e. The molecule has 1 aromatic heterocycles. The second-order valence-corrected chi connectivity index (χ2v) is 6.80. The Morgan fingerprint density at radius 1 is 0.926 bits per heavy atom. The van der Waals surface area contributed by atoms with Crippen LogP contribution in [0.4, 0.5) is 10.8 Å². The number of thiazole rings is 1. The summed E-state index contributed by atoms with van der Waals surface area (Å²) < 4.78 is 0. The number of anilines is 2. The van der Waals surface area contributed by atoms with Gasteiger partial charge in [0.05, 0.1) is 5.69 Å². The molecular formula is C20H17N3O3S. The van der Waals surface area contributed by atoms with Crippen molar-refractivity contribution in [1.29, 1.82) is 0 Å². The van der Waals surface area contributed by atoms with Crippen LogP contribution < -0.4 is 10.6 Å². The quantitative estimate of drug-likeness (QED) is 0.520. The Bertz CT molecular complexity index is 992. The number of benzene rings is 2. The standard InChI is InChI=1S/C20H17N3O3S/c1-12-3-5-15(6-4-12)18(25)19(26)23-20-22-17(11-27-20)14-7-9-16(10-8-14)21-13(2)24/h3-11H,1-2H3,(H,21,24)(H,22,23,26). The first kappa shape index (κ1) is 18.5. The number of hydrogen-bond donors (Lipinski definition) is 2. The lowest BCUT2D eigenvalue weighted by Crippen LogP contribution is -2.22. The summed E-state index contributed by atoms with van der Waals surface area (Å²) in [5.74, 6) is -1.47. The van der Waals surface area contributed by atoms with Gasteiger partial charge in [-0.25, -0.2) is 4.98 Å². The summed E-state index contributed by atoms with van der Waals surface area (Å²) in [4.78, 5) is 39.8. The van der Waals surface area contributed by atoms with E-state index in [1.54, 1.807) is 41.8 Å². The minimum Gasteiger partial charge on any atom is -0.326 e. The van der Waals surface area contributed by atoms with E-state index in [1.807, 2.05) is 19.1 Å². The fourth-order valence-corrected chi connectivity index (χ4v) is 3.10. The predicted molar refractivity (Wildman–Crippen MR) is 106 cm³/mol. The Kier molecular flexibility index (Phi) is 5.42. The average molecular weight is 379 g/mol. The highest BCUT2D eigenvalue weighted by Crippen LogP contribution is 2.26. The molecule has 1 heterocycles. The van der Waals surface area contributed by atoms with Crippen LogP contribution in [0.5, 0.6) is 0 Å². The normalized spacial score (nSPS) is 10.3. The molecule has 0 saturated heterocycles. The maximum absolute atomic E-state index is 12.2. The number of carbonyl (C=O) groups excluding carboxylic acids is 3. The SMILES string of the molecule is CC(=O)Nc1ccc(-c2csc(NC(=O)C(=O)c3ccc(C)cc3)n2)cc1. The van der Waals surface area contributed by atoms with Crippen LogP contribution in [0.25, 0.3) is 11.3 Å². The van der Waals surface area contributed by atoms with Gasteiger partial charge in [-0.3, -0.25) is 19.7 Å². The molecule has 27 heavy (non-hydrogen) atoms. The highest BCUT2D eigenvalue weighted by Gasteiger charge is 2.17. The minimum atomic E-state index is -0.722. The van der Waals surface area contributed by atoms with Gasteiger partial charge in [-0.2, -0.15) is 0 Å². The number of aryl methyl sites for hydroxylation is 1. The topological polar surface area (TPSA) is 88.2 Å². The van der Waals surface area contributed by atoms with E-state index in [0.29, 0.717) is 22.1 Å². The van der Waals surface area contributed by atoms with E-state index in [2.05, 4.69) is 15.6 Å². The summed E-state index contributed by atoms with van der Waals surface area (Å²) in [7, 11) is 0. The first-order valence-electron chi connectivity index (χ1n) is 8.18. The van der Waals surface area contributed by atoms with Crippen LogP contribution in [0, 0.1) is 6.92 Å². The van der Waals surface area contributed by atoms with Gasteiger partial charge in [-0.1, -0.05) is 42.0 Å². The molecule has 3 aromatic rings. The van der Waals surface area contributed by atoms with Crippen molar-refractivity contribution in [3.63, 3.8) is 0 Å². The van der Waals surface area contributed by atoms with Gasteiger partial charge in [0.25, 0.3) is 11.7 Å². The van der Waals surface area contributed by atoms with Crippen molar-refractivity contribution in [2.24, 2.45) is 0 Å². The maximum Gasteiger partial charge on any atom is 0.298 e. The Hall–Kier alpha value is -3.32. The molecule has 0 unspecified atom stereocenters. The lowest BCUT2D eigenvalue weighted by atomic mass is 10.1. The van der Waals surface area contributed by atoms with Crippen molar-refractivity contribution in [3.8, 4) is 11.3 Å². The van der Waals surface area contributed by atoms with Gasteiger partial charge in [0.1, 0.15) is 0 Å². The molecule has 6 nitrogen and oxygen atoms in total. The van der Waals surface area contributed by atoms with E-state index in [-0.39, 0.29) is 5.91 Å². The summed E-state index contributed by atoms with van der Waals surface area (Å²) in [5.41, 5.74) is 3.56. The number of carbonyl (C=O) groups is 3. The van der Waals surface area contributed by atoms with Crippen LogP contribution in [0.3, 0.4) is 0 Å². The van der Waals surface area contributed by atoms with Crippen molar-refractivity contribution < 1.29 is 14.4 Å². The van der Waals surface area contributed by atoms with Gasteiger partial charge in [0.2, 0.25) is 5.91 Å². The van der Waals surface area contributed by atoms with Crippen molar-refractivity contribution >= 4 is 39.8 Å². The highest BCUT2D eigenvalue weighted by atomic mass is 32.1. The predicted octanol–water partition coefficient (Wildman–Crippen LogP) is 3.90. The third-order valence-electron chi connectivity index (χ3n) is 3.75. The van der Waals surface area contributed by atoms with Crippen molar-refractivity contribution in [2.45, 2.75) is 13.8 Å². The number of rotatable bonds is 5. The number of amides is 2. The number of nitrogens with one attached hydrogen (secondary N) is 2. The first-order chi connectivity index (χ1) is 12.9. The molecule has 0 aliphatic rings. The van der Waals surface area contributed by atoms with E-state index in [0.717, 1.165) is 11.1 Å². The van der Waals surface area contributed by atoms with Crippen LogP contribution >= 0.6 is 11.3 Å². The first-order valence-corrected chi connectivity index (χ1v) is 9.06. The molecule has 0 radical (unpaired) electrons. The van der Waals surface area contributed by atoms with E-state index in [4.69, 9.17) is 0 Å². The summed E-state index contributed by atoms with van der Waals surface area (Å²) in [6.45, 7) is 3.36. The van der Waals surface area contributed by atoms with E-state index in [9.17, 15) is 14.4 Å². The third-order valence-corrected chi connectivity index (χ3v) is 4.50. The minimum absolute atomic E-state index is 0.139. The maximum atomic E-state index is 12.2. The van der Waals surface area contributed by atoms with Crippen LogP contribution in [-0.2, 0) is 9.59 Å². The van der Waals surface area contributed by atoms with E-state index >= 15 is 0 Å². The molecule has 0 aliphatic carbocycles. The smallest absolute Gasteiger partial charge is 0.298 e. The van der Waals surface area contributed by atoms with E-state index < -0.39 is 11.7 Å². The van der Waals surface area contributed by atoms with Crippen LogP contribution in [0.1, 0.15) is 22.8 Å². The molecule has 2 N–H and O–H groups in total.